The molecular weight excluding hydrogens is 238 g/mol. The molecule has 19 heavy (non-hydrogen) atoms. The largest absolute Gasteiger partial charge is 0.491 e. The summed E-state index contributed by atoms with van der Waals surface area (Å²) in [5.41, 5.74) is 2.46. The molecule has 100 valence electrons. The van der Waals surface area contributed by atoms with Crippen molar-refractivity contribution in [3.63, 3.8) is 0 Å². The van der Waals surface area contributed by atoms with Gasteiger partial charge in [0.05, 0.1) is 18.1 Å². The summed E-state index contributed by atoms with van der Waals surface area (Å²) >= 11 is 0. The van der Waals surface area contributed by atoms with Gasteiger partial charge >= 0.3 is 0 Å². The summed E-state index contributed by atoms with van der Waals surface area (Å²) in [6.07, 6.45) is 3.81. The molecule has 0 fully saturated rings. The molecule has 1 aliphatic rings. The number of aromatic nitrogens is 2. The van der Waals surface area contributed by atoms with Crippen LogP contribution in [0.4, 0.5) is 0 Å². The summed E-state index contributed by atoms with van der Waals surface area (Å²) in [5.74, 6) is 0.998. The third-order valence-corrected chi connectivity index (χ3v) is 3.53. The zero-order valence-electron chi connectivity index (χ0n) is 11.3. The molecule has 1 aromatic heterocycles. The molecule has 0 spiro atoms. The maximum absolute atomic E-state index is 5.67. The van der Waals surface area contributed by atoms with Crippen LogP contribution in [0.2, 0.25) is 0 Å². The second-order valence-electron chi connectivity index (χ2n) is 5.17. The van der Waals surface area contributed by atoms with Crippen molar-refractivity contribution >= 4 is 0 Å². The van der Waals surface area contributed by atoms with Crippen LogP contribution in [0, 0.1) is 0 Å². The maximum Gasteiger partial charge on any atom is 0.124 e. The van der Waals surface area contributed by atoms with Gasteiger partial charge in [-0.15, -0.1) is 0 Å². The lowest BCUT2D eigenvalue weighted by Gasteiger charge is -2.15. The van der Waals surface area contributed by atoms with Crippen molar-refractivity contribution in [2.24, 2.45) is 0 Å². The Morgan fingerprint density at radius 3 is 3.11 bits per heavy atom. The highest BCUT2D eigenvalue weighted by Gasteiger charge is 2.23. The van der Waals surface area contributed by atoms with E-state index in [0.717, 1.165) is 12.3 Å². The number of rotatable bonds is 4. The van der Waals surface area contributed by atoms with Gasteiger partial charge in [-0.25, -0.2) is 4.98 Å². The highest BCUT2D eigenvalue weighted by atomic mass is 16.5. The zero-order valence-corrected chi connectivity index (χ0v) is 11.3. The lowest BCUT2D eigenvalue weighted by molar-refractivity contribution is 0.309. The predicted octanol–water partition coefficient (Wildman–Crippen LogP) is 2.69. The molecule has 4 nitrogen and oxygen atoms in total. The minimum atomic E-state index is 0.270. The SMILES string of the molecule is CC(C)n1cncc1CNC1COc2ccccc21. The Hall–Kier alpha value is -1.81. The Morgan fingerprint density at radius 2 is 2.26 bits per heavy atom. The first-order valence-corrected chi connectivity index (χ1v) is 6.71. The number of imidazole rings is 1. The molecule has 1 N–H and O–H groups in total. The molecule has 0 saturated carbocycles. The maximum atomic E-state index is 5.67. The van der Waals surface area contributed by atoms with E-state index in [1.54, 1.807) is 0 Å². The van der Waals surface area contributed by atoms with Crippen molar-refractivity contribution in [2.75, 3.05) is 6.61 Å². The number of ether oxygens (including phenoxy) is 1. The van der Waals surface area contributed by atoms with Gasteiger partial charge < -0.3 is 14.6 Å². The summed E-state index contributed by atoms with van der Waals surface area (Å²) in [5, 5.41) is 3.55. The standard InChI is InChI=1S/C15H19N3O/c1-11(2)18-10-16-7-12(18)8-17-14-9-19-15-6-4-3-5-13(14)15/h3-7,10-11,14,17H,8-9H2,1-2H3. The van der Waals surface area contributed by atoms with Crippen LogP contribution < -0.4 is 10.1 Å². The van der Waals surface area contributed by atoms with Crippen molar-refractivity contribution in [3.8, 4) is 5.75 Å². The fourth-order valence-electron chi connectivity index (χ4n) is 2.49. The van der Waals surface area contributed by atoms with E-state index in [1.807, 2.05) is 24.7 Å². The first-order chi connectivity index (χ1) is 9.25. The van der Waals surface area contributed by atoms with Gasteiger partial charge in [0.1, 0.15) is 12.4 Å². The molecule has 0 radical (unpaired) electrons. The van der Waals surface area contributed by atoms with Crippen LogP contribution in [0.1, 0.15) is 37.2 Å². The van der Waals surface area contributed by atoms with E-state index in [-0.39, 0.29) is 6.04 Å². The second kappa shape index (κ2) is 5.05. The number of hydrogen-bond donors (Lipinski definition) is 1. The molecule has 2 aromatic rings. The van der Waals surface area contributed by atoms with Gasteiger partial charge in [-0.1, -0.05) is 18.2 Å². The van der Waals surface area contributed by atoms with Crippen molar-refractivity contribution in [1.29, 1.82) is 0 Å². The first kappa shape index (κ1) is 12.2. The molecule has 1 atom stereocenters. The van der Waals surface area contributed by atoms with Gasteiger partial charge in [0.15, 0.2) is 0 Å². The van der Waals surface area contributed by atoms with E-state index in [1.165, 1.54) is 11.3 Å². The number of fused-ring (bicyclic) bond motifs is 1. The Morgan fingerprint density at radius 1 is 1.42 bits per heavy atom. The van der Waals surface area contributed by atoms with E-state index in [9.17, 15) is 0 Å². The van der Waals surface area contributed by atoms with Crippen LogP contribution in [0.3, 0.4) is 0 Å². The first-order valence-electron chi connectivity index (χ1n) is 6.71. The van der Waals surface area contributed by atoms with E-state index in [2.05, 4.69) is 40.8 Å². The average Bonchev–Trinajstić information content (AvgIpc) is 3.03. The van der Waals surface area contributed by atoms with Gasteiger partial charge in [-0.05, 0) is 19.9 Å². The molecule has 0 aliphatic carbocycles. The third kappa shape index (κ3) is 2.36. The number of hydrogen-bond acceptors (Lipinski definition) is 3. The normalized spacial score (nSPS) is 17.5. The zero-order chi connectivity index (χ0) is 13.2. The number of nitrogens with one attached hydrogen (secondary N) is 1. The lowest BCUT2D eigenvalue weighted by Crippen LogP contribution is -2.23. The van der Waals surface area contributed by atoms with Crippen molar-refractivity contribution in [3.05, 3.63) is 48.0 Å². The molecule has 0 amide bonds. The van der Waals surface area contributed by atoms with Gasteiger partial charge in [-0.3, -0.25) is 0 Å². The van der Waals surface area contributed by atoms with E-state index < -0.39 is 0 Å². The van der Waals surface area contributed by atoms with Gasteiger partial charge in [-0.2, -0.15) is 0 Å². The van der Waals surface area contributed by atoms with Gasteiger partial charge in [0, 0.05) is 24.3 Å². The number of benzene rings is 1. The molecule has 1 aromatic carbocycles. The van der Waals surface area contributed by atoms with E-state index in [4.69, 9.17) is 4.74 Å². The summed E-state index contributed by atoms with van der Waals surface area (Å²) in [6.45, 7) is 5.84. The molecular formula is C15H19N3O. The highest BCUT2D eigenvalue weighted by Crippen LogP contribution is 2.31. The van der Waals surface area contributed by atoms with Crippen LogP contribution >= 0.6 is 0 Å². The van der Waals surface area contributed by atoms with Crippen LogP contribution in [0.25, 0.3) is 0 Å². The number of nitrogens with zero attached hydrogens (tertiary/aromatic N) is 2. The number of para-hydroxylation sites is 1. The Bertz CT molecular complexity index is 562. The van der Waals surface area contributed by atoms with Crippen LogP contribution in [0.15, 0.2) is 36.8 Å². The van der Waals surface area contributed by atoms with Crippen LogP contribution in [0.5, 0.6) is 5.75 Å². The Kier molecular flexibility index (Phi) is 3.25. The fourth-order valence-corrected chi connectivity index (χ4v) is 2.49. The van der Waals surface area contributed by atoms with Crippen molar-refractivity contribution in [2.45, 2.75) is 32.5 Å². The summed E-state index contributed by atoms with van der Waals surface area (Å²) < 4.78 is 7.86. The minimum Gasteiger partial charge on any atom is -0.491 e. The van der Waals surface area contributed by atoms with Crippen molar-refractivity contribution in [1.82, 2.24) is 14.9 Å². The van der Waals surface area contributed by atoms with Gasteiger partial charge in [0.2, 0.25) is 0 Å². The van der Waals surface area contributed by atoms with Crippen molar-refractivity contribution < 1.29 is 4.74 Å². The smallest absolute Gasteiger partial charge is 0.124 e. The second-order valence-corrected chi connectivity index (χ2v) is 5.17. The summed E-state index contributed by atoms with van der Waals surface area (Å²) in [7, 11) is 0. The average molecular weight is 257 g/mol. The lowest BCUT2D eigenvalue weighted by atomic mass is 10.1. The summed E-state index contributed by atoms with van der Waals surface area (Å²) in [6, 6.07) is 8.92. The fraction of sp³-hybridized carbons (Fsp3) is 0.400. The molecule has 1 unspecified atom stereocenters. The molecule has 3 rings (SSSR count). The quantitative estimate of drug-likeness (QED) is 0.915. The van der Waals surface area contributed by atoms with E-state index in [0.29, 0.717) is 12.6 Å². The molecule has 0 saturated heterocycles. The molecule has 0 bridgehead atoms. The minimum absolute atomic E-state index is 0.270. The Balaban J connectivity index is 1.69. The van der Waals surface area contributed by atoms with Crippen LogP contribution in [-0.2, 0) is 6.54 Å². The summed E-state index contributed by atoms with van der Waals surface area (Å²) in [4.78, 5) is 4.22. The monoisotopic (exact) mass is 257 g/mol. The molecule has 2 heterocycles. The molecule has 4 heteroatoms. The van der Waals surface area contributed by atoms with Crippen LogP contribution in [-0.4, -0.2) is 16.2 Å². The predicted molar refractivity (Wildman–Crippen MR) is 74.1 cm³/mol. The van der Waals surface area contributed by atoms with Gasteiger partial charge in [0.25, 0.3) is 0 Å². The Labute approximate surface area is 113 Å². The molecule has 1 aliphatic heterocycles. The highest BCUT2D eigenvalue weighted by molar-refractivity contribution is 5.39. The topological polar surface area (TPSA) is 39.1 Å². The van der Waals surface area contributed by atoms with E-state index >= 15 is 0 Å². The third-order valence-electron chi connectivity index (χ3n) is 3.53.